The fraction of sp³-hybridized carbons (Fsp3) is 0.263. The van der Waals surface area contributed by atoms with Crippen molar-refractivity contribution in [3.63, 3.8) is 0 Å². The summed E-state index contributed by atoms with van der Waals surface area (Å²) in [6.07, 6.45) is 3.43. The van der Waals surface area contributed by atoms with Crippen LogP contribution in [-0.2, 0) is 17.6 Å². The Hall–Kier alpha value is -2.67. The SMILES string of the molecule is Cc1cccc(-n2nnnc2SCC(=O)Nc2ccc3c(c2)CCC3)c1. The van der Waals surface area contributed by atoms with E-state index in [2.05, 4.69) is 33.0 Å². The van der Waals surface area contributed by atoms with Crippen LogP contribution in [0.2, 0.25) is 0 Å². The Labute approximate surface area is 156 Å². The largest absolute Gasteiger partial charge is 0.325 e. The second-order valence-electron chi connectivity index (χ2n) is 6.39. The van der Waals surface area contributed by atoms with Gasteiger partial charge in [-0.25, -0.2) is 0 Å². The number of fused-ring (bicyclic) bond motifs is 1. The molecule has 1 heterocycles. The van der Waals surface area contributed by atoms with Gasteiger partial charge in [-0.3, -0.25) is 4.79 Å². The number of hydrogen-bond donors (Lipinski definition) is 1. The molecule has 0 unspecified atom stereocenters. The zero-order chi connectivity index (χ0) is 17.9. The van der Waals surface area contributed by atoms with E-state index in [-0.39, 0.29) is 11.7 Å². The second-order valence-corrected chi connectivity index (χ2v) is 7.33. The van der Waals surface area contributed by atoms with Crippen molar-refractivity contribution >= 4 is 23.4 Å². The van der Waals surface area contributed by atoms with Crippen LogP contribution in [0.25, 0.3) is 5.69 Å². The summed E-state index contributed by atoms with van der Waals surface area (Å²) in [4.78, 5) is 12.3. The van der Waals surface area contributed by atoms with Gasteiger partial charge >= 0.3 is 0 Å². The first-order chi connectivity index (χ1) is 12.7. The number of nitrogens with one attached hydrogen (secondary N) is 1. The van der Waals surface area contributed by atoms with E-state index in [1.807, 2.05) is 37.3 Å². The fourth-order valence-electron chi connectivity index (χ4n) is 3.17. The average Bonchev–Trinajstić information content (AvgIpc) is 3.28. The van der Waals surface area contributed by atoms with Crippen LogP contribution in [0.3, 0.4) is 0 Å². The molecule has 1 N–H and O–H groups in total. The first-order valence-electron chi connectivity index (χ1n) is 8.59. The average molecular weight is 365 g/mol. The topological polar surface area (TPSA) is 72.7 Å². The summed E-state index contributed by atoms with van der Waals surface area (Å²) < 4.78 is 1.65. The lowest BCUT2D eigenvalue weighted by Gasteiger charge is -2.08. The van der Waals surface area contributed by atoms with Gasteiger partial charge in [0.2, 0.25) is 11.1 Å². The normalized spacial score (nSPS) is 12.8. The van der Waals surface area contributed by atoms with Crippen LogP contribution in [0.1, 0.15) is 23.1 Å². The van der Waals surface area contributed by atoms with Crippen molar-refractivity contribution in [1.82, 2.24) is 20.2 Å². The lowest BCUT2D eigenvalue weighted by atomic mass is 10.1. The summed E-state index contributed by atoms with van der Waals surface area (Å²) in [7, 11) is 0. The Morgan fingerprint density at radius 1 is 1.19 bits per heavy atom. The van der Waals surface area contributed by atoms with Crippen molar-refractivity contribution in [3.8, 4) is 5.69 Å². The molecule has 0 bridgehead atoms. The molecule has 0 spiro atoms. The Morgan fingerprint density at radius 2 is 2.08 bits per heavy atom. The highest BCUT2D eigenvalue weighted by molar-refractivity contribution is 7.99. The van der Waals surface area contributed by atoms with Crippen LogP contribution < -0.4 is 5.32 Å². The van der Waals surface area contributed by atoms with E-state index < -0.39 is 0 Å². The number of anilines is 1. The van der Waals surface area contributed by atoms with Gasteiger partial charge in [-0.15, -0.1) is 5.10 Å². The number of aromatic nitrogens is 4. The molecule has 6 nitrogen and oxygen atoms in total. The number of benzene rings is 2. The molecule has 132 valence electrons. The van der Waals surface area contributed by atoms with Gasteiger partial charge in [0.15, 0.2) is 0 Å². The van der Waals surface area contributed by atoms with Crippen molar-refractivity contribution < 1.29 is 4.79 Å². The third-order valence-electron chi connectivity index (χ3n) is 4.40. The standard InChI is InChI=1S/C19H19N5OS/c1-13-4-2-7-17(10-13)24-19(21-22-23-24)26-12-18(25)20-16-9-8-14-5-3-6-15(14)11-16/h2,4,7-11H,3,5-6,12H2,1H3,(H,20,25). The second kappa shape index (κ2) is 7.29. The van der Waals surface area contributed by atoms with Crippen LogP contribution in [0.5, 0.6) is 0 Å². The number of carbonyl (C=O) groups excluding carboxylic acids is 1. The van der Waals surface area contributed by atoms with Crippen molar-refractivity contribution in [2.75, 3.05) is 11.1 Å². The monoisotopic (exact) mass is 365 g/mol. The quantitative estimate of drug-likeness (QED) is 0.703. The summed E-state index contributed by atoms with van der Waals surface area (Å²) in [6, 6.07) is 14.1. The Kier molecular flexibility index (Phi) is 4.71. The Bertz CT molecular complexity index is 953. The number of amides is 1. The van der Waals surface area contributed by atoms with Crippen LogP contribution in [-0.4, -0.2) is 31.9 Å². The van der Waals surface area contributed by atoms with Gasteiger partial charge in [0.25, 0.3) is 0 Å². The van der Waals surface area contributed by atoms with Gasteiger partial charge in [-0.2, -0.15) is 4.68 Å². The molecular formula is C19H19N5OS. The van der Waals surface area contributed by atoms with Gasteiger partial charge in [0.1, 0.15) is 0 Å². The zero-order valence-electron chi connectivity index (χ0n) is 14.5. The van der Waals surface area contributed by atoms with Gasteiger partial charge in [0, 0.05) is 5.69 Å². The van der Waals surface area contributed by atoms with Crippen molar-refractivity contribution in [3.05, 3.63) is 59.2 Å². The maximum Gasteiger partial charge on any atom is 0.234 e. The molecule has 1 aliphatic rings. The zero-order valence-corrected chi connectivity index (χ0v) is 15.3. The number of hydrogen-bond acceptors (Lipinski definition) is 5. The van der Waals surface area contributed by atoms with E-state index in [4.69, 9.17) is 0 Å². The highest BCUT2D eigenvalue weighted by Crippen LogP contribution is 2.25. The maximum absolute atomic E-state index is 12.3. The first kappa shape index (κ1) is 16.8. The number of tetrazole rings is 1. The Balaban J connectivity index is 1.40. The molecule has 0 atom stereocenters. The highest BCUT2D eigenvalue weighted by atomic mass is 32.2. The number of thioether (sulfide) groups is 1. The predicted molar refractivity (Wildman–Crippen MR) is 102 cm³/mol. The van der Waals surface area contributed by atoms with Crippen molar-refractivity contribution in [1.29, 1.82) is 0 Å². The third kappa shape index (κ3) is 3.62. The lowest BCUT2D eigenvalue weighted by molar-refractivity contribution is -0.113. The molecule has 1 aromatic heterocycles. The minimum absolute atomic E-state index is 0.0632. The summed E-state index contributed by atoms with van der Waals surface area (Å²) in [5.74, 6) is 0.190. The molecule has 2 aromatic carbocycles. The molecule has 0 aliphatic heterocycles. The van der Waals surface area contributed by atoms with Crippen LogP contribution in [0.4, 0.5) is 5.69 Å². The van der Waals surface area contributed by atoms with Crippen LogP contribution >= 0.6 is 11.8 Å². The summed E-state index contributed by atoms with van der Waals surface area (Å²) >= 11 is 1.32. The number of nitrogens with zero attached hydrogens (tertiary/aromatic N) is 4. The van der Waals surface area contributed by atoms with Gasteiger partial charge in [-0.05, 0) is 77.6 Å². The molecule has 0 radical (unpaired) electrons. The van der Waals surface area contributed by atoms with E-state index in [0.29, 0.717) is 5.16 Å². The molecule has 3 aromatic rings. The van der Waals surface area contributed by atoms with Crippen molar-refractivity contribution in [2.24, 2.45) is 0 Å². The lowest BCUT2D eigenvalue weighted by Crippen LogP contribution is -2.14. The molecular weight excluding hydrogens is 346 g/mol. The van der Waals surface area contributed by atoms with E-state index in [1.54, 1.807) is 4.68 Å². The van der Waals surface area contributed by atoms with Crippen LogP contribution in [0, 0.1) is 6.92 Å². The van der Waals surface area contributed by atoms with Gasteiger partial charge in [0.05, 0.1) is 11.4 Å². The summed E-state index contributed by atoms with van der Waals surface area (Å²) in [5, 5.41) is 15.4. The highest BCUT2D eigenvalue weighted by Gasteiger charge is 2.14. The summed E-state index contributed by atoms with van der Waals surface area (Å²) in [5.41, 5.74) is 5.61. The van der Waals surface area contributed by atoms with Crippen molar-refractivity contribution in [2.45, 2.75) is 31.3 Å². The van der Waals surface area contributed by atoms with Crippen LogP contribution in [0.15, 0.2) is 47.6 Å². The minimum Gasteiger partial charge on any atom is -0.325 e. The molecule has 7 heteroatoms. The molecule has 26 heavy (non-hydrogen) atoms. The molecule has 4 rings (SSSR count). The molecule has 0 saturated heterocycles. The van der Waals surface area contributed by atoms with E-state index in [9.17, 15) is 4.79 Å². The number of rotatable bonds is 5. The fourth-order valence-corrected chi connectivity index (χ4v) is 3.86. The third-order valence-corrected chi connectivity index (χ3v) is 5.32. The molecule has 0 fully saturated rings. The number of aryl methyl sites for hydroxylation is 3. The predicted octanol–water partition coefficient (Wildman–Crippen LogP) is 3.19. The smallest absolute Gasteiger partial charge is 0.234 e. The van der Waals surface area contributed by atoms with E-state index in [0.717, 1.165) is 29.8 Å². The summed E-state index contributed by atoms with van der Waals surface area (Å²) in [6.45, 7) is 2.02. The van der Waals surface area contributed by atoms with E-state index >= 15 is 0 Å². The number of carbonyl (C=O) groups is 1. The minimum atomic E-state index is -0.0632. The molecule has 1 amide bonds. The molecule has 1 aliphatic carbocycles. The van der Waals surface area contributed by atoms with E-state index in [1.165, 1.54) is 29.3 Å². The molecule has 0 saturated carbocycles. The van der Waals surface area contributed by atoms with Gasteiger partial charge in [-0.1, -0.05) is 30.0 Å². The van der Waals surface area contributed by atoms with Gasteiger partial charge < -0.3 is 5.32 Å². The first-order valence-corrected chi connectivity index (χ1v) is 9.57. The Morgan fingerprint density at radius 3 is 2.96 bits per heavy atom. The maximum atomic E-state index is 12.3.